The minimum atomic E-state index is -0.591. The number of aryl methyl sites for hydroxylation is 2. The summed E-state index contributed by atoms with van der Waals surface area (Å²) >= 11 is 0. The Bertz CT molecular complexity index is 782. The van der Waals surface area contributed by atoms with E-state index in [4.69, 9.17) is 20.8 Å². The van der Waals surface area contributed by atoms with E-state index in [0.29, 0.717) is 26.1 Å². The highest BCUT2D eigenvalue weighted by molar-refractivity contribution is 5.60. The largest absolute Gasteiger partial charge is 0.486 e. The number of benzene rings is 1. The number of rotatable bonds is 1. The third kappa shape index (κ3) is 5.76. The molecule has 1 aromatic carbocycles. The fraction of sp³-hybridized carbons (Fsp3) is 0.704. The molecule has 0 N–H and O–H groups in total. The van der Waals surface area contributed by atoms with Gasteiger partial charge in [0.15, 0.2) is 17.1 Å². The van der Waals surface area contributed by atoms with E-state index >= 15 is 0 Å². The Morgan fingerprint density at radius 1 is 0.875 bits per heavy atom. The summed E-state index contributed by atoms with van der Waals surface area (Å²) in [4.78, 5) is 3.52. The molecule has 3 aliphatic rings. The van der Waals surface area contributed by atoms with Crippen LogP contribution < -0.4 is 9.47 Å². The van der Waals surface area contributed by atoms with Crippen molar-refractivity contribution in [2.45, 2.75) is 112 Å². The molecule has 0 aromatic heterocycles. The topological polar surface area (TPSA) is 59.1 Å². The Labute approximate surface area is 196 Å². The lowest BCUT2D eigenvalue weighted by molar-refractivity contribution is 0.160. The van der Waals surface area contributed by atoms with Gasteiger partial charge in [0.05, 0.1) is 11.5 Å². The molecular weight excluding hydrogens is 400 g/mol. The zero-order valence-electron chi connectivity index (χ0n) is 22.0. The number of nitriles is 1. The molecule has 0 amide bonds. The van der Waals surface area contributed by atoms with Crippen LogP contribution in [0.2, 0.25) is 0 Å². The molecule has 0 bridgehead atoms. The van der Waals surface area contributed by atoms with Crippen LogP contribution in [0, 0.1) is 31.8 Å². The van der Waals surface area contributed by atoms with Gasteiger partial charge in [0.25, 0.3) is 0 Å². The second-order valence-corrected chi connectivity index (χ2v) is 7.10. The van der Waals surface area contributed by atoms with Crippen LogP contribution in [0.5, 0.6) is 11.5 Å². The first-order valence-corrected chi connectivity index (χ1v) is 12.4. The lowest BCUT2D eigenvalue weighted by atomic mass is 9.65. The first kappa shape index (κ1) is 29.8. The standard InChI is InChI=1S/C19H20N2O3.4C2H6/c1-12-10-13(2)15-16(23-9-8-22-15)14(12)18(11-20)4-6-19(7-5-18)17(21-3)24-19;4*1-2/h10,17H,4-9H2,1-2H3;4*1-2H3. The van der Waals surface area contributed by atoms with Crippen LogP contribution in [-0.4, -0.2) is 25.0 Å². The fourth-order valence-electron chi connectivity index (χ4n) is 4.35. The van der Waals surface area contributed by atoms with Gasteiger partial charge in [-0.1, -0.05) is 61.5 Å². The second-order valence-electron chi connectivity index (χ2n) is 7.10. The summed E-state index contributed by atoms with van der Waals surface area (Å²) in [5, 5.41) is 10.1. The molecule has 180 valence electrons. The van der Waals surface area contributed by atoms with Crippen molar-refractivity contribution in [2.75, 3.05) is 13.2 Å². The highest BCUT2D eigenvalue weighted by atomic mass is 16.6. The Hall–Kier alpha value is -2.24. The van der Waals surface area contributed by atoms with Gasteiger partial charge in [0, 0.05) is 5.56 Å². The van der Waals surface area contributed by atoms with E-state index in [1.807, 2.05) is 69.2 Å². The van der Waals surface area contributed by atoms with Gasteiger partial charge in [-0.3, -0.25) is 9.58 Å². The second kappa shape index (κ2) is 14.0. The van der Waals surface area contributed by atoms with Gasteiger partial charge >= 0.3 is 6.23 Å². The van der Waals surface area contributed by atoms with Gasteiger partial charge in [-0.25, -0.2) is 6.57 Å². The molecule has 1 atom stereocenters. The van der Waals surface area contributed by atoms with E-state index in [2.05, 4.69) is 17.0 Å². The molecule has 1 saturated heterocycles. The van der Waals surface area contributed by atoms with Crippen molar-refractivity contribution in [1.29, 1.82) is 5.26 Å². The van der Waals surface area contributed by atoms with E-state index in [-0.39, 0.29) is 11.8 Å². The Morgan fingerprint density at radius 2 is 1.38 bits per heavy atom. The quantitative estimate of drug-likeness (QED) is 0.332. The van der Waals surface area contributed by atoms with Gasteiger partial charge in [0.1, 0.15) is 13.2 Å². The molecule has 32 heavy (non-hydrogen) atoms. The molecule has 5 nitrogen and oxygen atoms in total. The first-order valence-electron chi connectivity index (χ1n) is 12.4. The van der Waals surface area contributed by atoms with Crippen LogP contribution in [0.15, 0.2) is 6.07 Å². The predicted molar refractivity (Wildman–Crippen MR) is 132 cm³/mol. The summed E-state index contributed by atoms with van der Waals surface area (Å²) in [6.45, 7) is 28.3. The molecule has 1 aliphatic carbocycles. The molecule has 2 heterocycles. The fourth-order valence-corrected chi connectivity index (χ4v) is 4.35. The molecule has 2 aliphatic heterocycles. The van der Waals surface area contributed by atoms with Crippen molar-refractivity contribution in [2.24, 2.45) is 0 Å². The Morgan fingerprint density at radius 3 is 1.81 bits per heavy atom. The molecule has 1 aromatic rings. The van der Waals surface area contributed by atoms with Gasteiger partial charge in [-0.15, -0.1) is 0 Å². The molecule has 4 rings (SSSR count). The minimum Gasteiger partial charge on any atom is -0.486 e. The molecule has 0 radical (unpaired) electrons. The molecule has 1 spiro atoms. The number of hydrogen-bond donors (Lipinski definition) is 0. The summed E-state index contributed by atoms with van der Waals surface area (Å²) in [6.07, 6.45) is 2.55. The Balaban J connectivity index is 0.00000109. The van der Waals surface area contributed by atoms with Crippen LogP contribution in [-0.2, 0) is 10.2 Å². The average molecular weight is 445 g/mol. The van der Waals surface area contributed by atoms with Gasteiger partial charge in [-0.2, -0.15) is 5.26 Å². The molecule has 2 fully saturated rings. The smallest absolute Gasteiger partial charge is 0.357 e. The van der Waals surface area contributed by atoms with E-state index in [9.17, 15) is 5.26 Å². The van der Waals surface area contributed by atoms with Gasteiger partial charge in [0.2, 0.25) is 0 Å². The van der Waals surface area contributed by atoms with Crippen LogP contribution in [0.4, 0.5) is 0 Å². The average Bonchev–Trinajstić information content (AvgIpc) is 3.58. The van der Waals surface area contributed by atoms with E-state index in [0.717, 1.165) is 41.0 Å². The number of hydrogen-bond acceptors (Lipinski definition) is 4. The van der Waals surface area contributed by atoms with E-state index in [1.165, 1.54) is 0 Å². The van der Waals surface area contributed by atoms with E-state index in [1.54, 1.807) is 0 Å². The van der Waals surface area contributed by atoms with Crippen LogP contribution in [0.3, 0.4) is 0 Å². The van der Waals surface area contributed by atoms with Crippen molar-refractivity contribution in [3.63, 3.8) is 0 Å². The van der Waals surface area contributed by atoms with Crippen molar-refractivity contribution in [3.8, 4) is 17.6 Å². The van der Waals surface area contributed by atoms with Crippen molar-refractivity contribution < 1.29 is 14.2 Å². The third-order valence-corrected chi connectivity index (χ3v) is 5.69. The predicted octanol–water partition coefficient (Wildman–Crippen LogP) is 7.53. The van der Waals surface area contributed by atoms with Crippen molar-refractivity contribution >= 4 is 0 Å². The normalized spacial score (nSPS) is 25.9. The maximum absolute atomic E-state index is 10.1. The van der Waals surface area contributed by atoms with Crippen molar-refractivity contribution in [1.82, 2.24) is 0 Å². The number of nitrogens with zero attached hydrogens (tertiary/aromatic N) is 2. The van der Waals surface area contributed by atoms with Crippen LogP contribution in [0.25, 0.3) is 4.85 Å². The molecule has 1 unspecified atom stereocenters. The highest BCUT2D eigenvalue weighted by Gasteiger charge is 2.66. The summed E-state index contributed by atoms with van der Waals surface area (Å²) in [5.41, 5.74) is 2.20. The number of epoxide rings is 1. The molecule has 5 heteroatoms. The third-order valence-electron chi connectivity index (χ3n) is 5.69. The number of fused-ring (bicyclic) bond motifs is 1. The lowest BCUT2D eigenvalue weighted by Crippen LogP contribution is -2.36. The summed E-state index contributed by atoms with van der Waals surface area (Å²) in [6, 6.07) is 4.66. The van der Waals surface area contributed by atoms with Crippen LogP contribution in [0.1, 0.15) is 97.8 Å². The maximum atomic E-state index is 10.1. The summed E-state index contributed by atoms with van der Waals surface area (Å²) < 4.78 is 17.4. The SMILES string of the molecule is CC.CC.CC.CC.[C-]#[N+]C1OC12CCC(C#N)(c1c(C)cc(C)c3c1OCCO3)CC2. The van der Waals surface area contributed by atoms with Crippen LogP contribution >= 0.6 is 0 Å². The van der Waals surface area contributed by atoms with Gasteiger partial charge in [-0.05, 0) is 50.7 Å². The summed E-state index contributed by atoms with van der Waals surface area (Å²) in [5.74, 6) is 1.52. The first-order chi connectivity index (χ1) is 15.6. The Kier molecular flexibility index (Phi) is 13.0. The zero-order valence-corrected chi connectivity index (χ0v) is 22.0. The maximum Gasteiger partial charge on any atom is 0.357 e. The molecular formula is C27H44N2O3. The number of ether oxygens (including phenoxy) is 3. The molecule has 1 saturated carbocycles. The lowest BCUT2D eigenvalue weighted by Gasteiger charge is -2.37. The van der Waals surface area contributed by atoms with Gasteiger partial charge < -0.3 is 9.47 Å². The minimum absolute atomic E-state index is 0.307. The van der Waals surface area contributed by atoms with Crippen molar-refractivity contribution in [3.05, 3.63) is 34.2 Å². The zero-order chi connectivity index (χ0) is 24.9. The summed E-state index contributed by atoms with van der Waals surface area (Å²) in [7, 11) is 0. The monoisotopic (exact) mass is 444 g/mol. The highest BCUT2D eigenvalue weighted by Crippen LogP contribution is 2.57. The van der Waals surface area contributed by atoms with E-state index < -0.39 is 5.41 Å².